The number of para-hydroxylation sites is 6. The molecule has 0 aliphatic carbocycles. The number of benzene rings is 8. The quantitative estimate of drug-likeness (QED) is 0.128. The van der Waals surface area contributed by atoms with Crippen LogP contribution in [0, 0.1) is 13.6 Å². The van der Waals surface area contributed by atoms with Gasteiger partial charge in [0.05, 0.1) is 27.3 Å². The van der Waals surface area contributed by atoms with E-state index in [0.717, 1.165) is 23.6 Å². The largest absolute Gasteiger partial charge is 2.00 e. The van der Waals surface area contributed by atoms with Gasteiger partial charge in [0.1, 0.15) is 0 Å². The molecular weight excluding hydrogens is 1160 g/mol. The van der Waals surface area contributed by atoms with Crippen molar-refractivity contribution >= 4 is 174 Å². The van der Waals surface area contributed by atoms with E-state index in [1.54, 1.807) is 0 Å². The third kappa shape index (κ3) is 10.9. The molecule has 2 nitrogen and oxygen atoms in total. The predicted octanol–water partition coefficient (Wildman–Crippen LogP) is 5.22. The van der Waals surface area contributed by atoms with Crippen LogP contribution in [0.4, 0.5) is 0 Å². The number of hydrogen-bond acceptors (Lipinski definition) is 0. The number of fused-ring (bicyclic) bond motifs is 8. The topological polar surface area (TPSA) is 9.86 Å². The van der Waals surface area contributed by atoms with Gasteiger partial charge in [0.2, 0.25) is 6.71 Å². The zero-order valence-electron chi connectivity index (χ0n) is 34.7. The summed E-state index contributed by atoms with van der Waals surface area (Å²) >= 11 is 20.7. The maximum Gasteiger partial charge on any atom is 2.00 e. The van der Waals surface area contributed by atoms with Crippen molar-refractivity contribution in [2.75, 3.05) is 0 Å². The van der Waals surface area contributed by atoms with Crippen molar-refractivity contribution in [2.45, 2.75) is 13.8 Å². The molecule has 0 unspecified atom stereocenters. The number of aromatic nitrogens is 2. The summed E-state index contributed by atoms with van der Waals surface area (Å²) in [6.45, 7) is 4.13. The van der Waals surface area contributed by atoms with E-state index < -0.39 is 0 Å². The molecule has 63 heavy (non-hydrogen) atoms. The van der Waals surface area contributed by atoms with Crippen molar-refractivity contribution in [1.29, 1.82) is 0 Å². The van der Waals surface area contributed by atoms with Crippen LogP contribution in [0.3, 0.4) is 0 Å². The minimum Gasteiger partial charge on any atom is -1.00 e. The van der Waals surface area contributed by atoms with Gasteiger partial charge in [0, 0.05) is 49.4 Å². The summed E-state index contributed by atoms with van der Waals surface area (Å²) in [5.41, 5.74) is 11.3. The van der Waals surface area contributed by atoms with Crippen LogP contribution < -0.4 is 60.1 Å². The summed E-state index contributed by atoms with van der Waals surface area (Å²) in [5, 5.41) is 6.80. The zero-order chi connectivity index (χ0) is 41.0. The van der Waals surface area contributed by atoms with Gasteiger partial charge in [-0.25, -0.2) is 0 Å². The first kappa shape index (κ1) is 53.5. The molecule has 0 N–H and O–H groups in total. The molecule has 10 aromatic rings. The van der Waals surface area contributed by atoms with E-state index in [4.69, 9.17) is 23.2 Å². The molecule has 0 atom stereocenters. The standard InChI is InChI=1S/C24H15BClN.C18H11BrIN.C6H4ClI.C3H7.2ClH.Li.Mg/c26-21-13-4-2-10-18(21)25-19-11-3-6-15-23(19)27-22-14-5-1-8-16(22)17-9-7-12-20(25)24(17)27;19-14-8-5-7-13-12-6-1-3-10-16(12)21(18(13)14)17-11-4-2-9-15(17)20;7-5-3-1-2-4-6(5)8;1-3-2;;;;/h1-15H;1-11H;1-4H;3H,1-2H3;2*1H;;/q;;;-1;;;+1;+2/p-2. The first-order valence-corrected chi connectivity index (χ1v) is 23.0. The Hall–Kier alpha value is -2.11. The molecule has 11 rings (SSSR count). The summed E-state index contributed by atoms with van der Waals surface area (Å²) < 4.78 is 8.23. The van der Waals surface area contributed by atoms with E-state index in [-0.39, 0.29) is 73.4 Å². The van der Waals surface area contributed by atoms with Crippen LogP contribution in [0.2, 0.25) is 10.0 Å². The molecule has 3 heterocycles. The number of rotatable bonds is 2. The number of nitrogens with zero attached hydrogens (tertiary/aromatic N) is 2. The smallest absolute Gasteiger partial charge is 1.00 e. The molecular formula is C51H37BBrCl4I2LiMgN2. The minimum atomic E-state index is 0. The van der Waals surface area contributed by atoms with Gasteiger partial charge >= 0.3 is 41.9 Å². The summed E-state index contributed by atoms with van der Waals surface area (Å²) in [6.07, 6.45) is 2.00. The molecule has 0 radical (unpaired) electrons. The Bertz CT molecular complexity index is 3110. The second-order valence-corrected chi connectivity index (χ2v) is 18.0. The van der Waals surface area contributed by atoms with E-state index in [2.05, 4.69) is 216 Å². The van der Waals surface area contributed by atoms with Gasteiger partial charge in [-0.05, 0) is 127 Å². The maximum atomic E-state index is 6.66. The Morgan fingerprint density at radius 2 is 0.873 bits per heavy atom. The van der Waals surface area contributed by atoms with Crippen molar-refractivity contribution in [1.82, 2.24) is 9.13 Å². The third-order valence-electron chi connectivity index (χ3n) is 10.3. The summed E-state index contributed by atoms with van der Waals surface area (Å²) in [7, 11) is 0. The SMILES string of the molecule is Brc1cccc2c3ccccc3n(-c3ccccc3I)c12.C[CH-]C.Clc1ccccc1B1c2ccccc2-n2c3ccccc3c3cccc1c32.Clc1ccccc1I.[Cl-].[Cl-].[Li+].[Mg+2]. The zero-order valence-corrected chi connectivity index (χ0v) is 45.1. The monoisotopic (exact) mass is 1190 g/mol. The van der Waals surface area contributed by atoms with Gasteiger partial charge in [0.15, 0.2) is 0 Å². The molecule has 1 aliphatic rings. The van der Waals surface area contributed by atoms with Crippen LogP contribution in [-0.4, -0.2) is 38.9 Å². The molecule has 0 fully saturated rings. The molecule has 0 saturated heterocycles. The number of halogens is 7. The molecule has 0 spiro atoms. The van der Waals surface area contributed by atoms with Gasteiger partial charge < -0.3 is 40.4 Å². The second kappa shape index (κ2) is 24.6. The number of hydrogen-bond donors (Lipinski definition) is 0. The van der Waals surface area contributed by atoms with E-state index in [1.807, 2.05) is 56.7 Å². The average Bonchev–Trinajstić information content (AvgIpc) is 3.78. The van der Waals surface area contributed by atoms with E-state index in [0.29, 0.717) is 0 Å². The molecule has 2 aromatic heterocycles. The van der Waals surface area contributed by atoms with Crippen LogP contribution in [0.5, 0.6) is 0 Å². The maximum absolute atomic E-state index is 6.66. The van der Waals surface area contributed by atoms with E-state index in [1.165, 1.54) is 69.5 Å². The summed E-state index contributed by atoms with van der Waals surface area (Å²) in [6, 6.07) is 63.4. The Morgan fingerprint density at radius 3 is 1.43 bits per heavy atom. The molecule has 0 amide bonds. The fourth-order valence-corrected chi connectivity index (χ4v) is 9.91. The second-order valence-electron chi connectivity index (χ2n) is 14.0. The Morgan fingerprint density at radius 1 is 0.460 bits per heavy atom. The van der Waals surface area contributed by atoms with Crippen molar-refractivity contribution in [3.63, 3.8) is 0 Å². The summed E-state index contributed by atoms with van der Waals surface area (Å²) in [4.78, 5) is 0. The van der Waals surface area contributed by atoms with Crippen LogP contribution >= 0.6 is 84.3 Å². The van der Waals surface area contributed by atoms with Crippen molar-refractivity contribution in [3.05, 3.63) is 210 Å². The van der Waals surface area contributed by atoms with Crippen LogP contribution in [-0.2, 0) is 0 Å². The first-order valence-electron chi connectivity index (χ1n) is 19.3. The molecule has 0 bridgehead atoms. The van der Waals surface area contributed by atoms with Crippen molar-refractivity contribution < 1.29 is 43.7 Å². The van der Waals surface area contributed by atoms with Crippen molar-refractivity contribution in [3.8, 4) is 11.4 Å². The van der Waals surface area contributed by atoms with Crippen molar-refractivity contribution in [2.24, 2.45) is 0 Å². The van der Waals surface area contributed by atoms with Gasteiger partial charge in [-0.15, -0.1) is 0 Å². The summed E-state index contributed by atoms with van der Waals surface area (Å²) in [5.74, 6) is 0. The molecule has 1 aliphatic heterocycles. The average molecular weight is 1200 g/mol. The molecule has 306 valence electrons. The fourth-order valence-electron chi connectivity index (χ4n) is 7.97. The fraction of sp³-hybridized carbons (Fsp3) is 0.0392. The Balaban J connectivity index is 0.000000216. The molecule has 0 saturated carbocycles. The first-order chi connectivity index (χ1) is 28.8. The van der Waals surface area contributed by atoms with Gasteiger partial charge in [-0.1, -0.05) is 156 Å². The van der Waals surface area contributed by atoms with E-state index in [9.17, 15) is 0 Å². The Labute approximate surface area is 456 Å². The van der Waals surface area contributed by atoms with Gasteiger partial charge in [-0.2, -0.15) is 13.8 Å². The third-order valence-corrected chi connectivity index (χ3v) is 13.8. The van der Waals surface area contributed by atoms with Gasteiger partial charge in [-0.3, -0.25) is 0 Å². The normalized spacial score (nSPS) is 10.6. The van der Waals surface area contributed by atoms with E-state index >= 15 is 0 Å². The van der Waals surface area contributed by atoms with Crippen LogP contribution in [0.1, 0.15) is 13.8 Å². The van der Waals surface area contributed by atoms with Crippen LogP contribution in [0.25, 0.3) is 55.0 Å². The minimum absolute atomic E-state index is 0. The predicted molar refractivity (Wildman–Crippen MR) is 284 cm³/mol. The van der Waals surface area contributed by atoms with Crippen LogP contribution in [0.15, 0.2) is 186 Å². The molecule has 8 aromatic carbocycles. The Kier molecular flexibility index (Phi) is 20.9. The molecule has 12 heteroatoms. The van der Waals surface area contributed by atoms with Gasteiger partial charge in [0.25, 0.3) is 0 Å².